The lowest BCUT2D eigenvalue weighted by Crippen LogP contribution is -2.20. The number of hydrogen-bond acceptors (Lipinski definition) is 9. The second-order valence-electron chi connectivity index (χ2n) is 6.48. The van der Waals surface area contributed by atoms with Gasteiger partial charge in [-0.15, -0.1) is 16.9 Å². The Morgan fingerprint density at radius 2 is 1.97 bits per heavy atom. The standard InChI is InChI=1S/C20H18N8O2S/c1-13-7-9-15(10-8-13)31-12-16-17(23-27-28(16)19-18(21)25-30-26-19)20(29)24-22-11-14-5-3-2-4-6-14/h2-11H,12H2,1H3,(H2,21,25)(H,24,29)/b22-11-. The average Bonchev–Trinajstić information content (AvgIpc) is 3.39. The third-order valence-electron chi connectivity index (χ3n) is 4.25. The van der Waals surface area contributed by atoms with Gasteiger partial charge >= 0.3 is 0 Å². The van der Waals surface area contributed by atoms with Crippen molar-refractivity contribution >= 4 is 29.7 Å². The van der Waals surface area contributed by atoms with E-state index in [9.17, 15) is 4.79 Å². The van der Waals surface area contributed by atoms with Gasteiger partial charge in [-0.25, -0.2) is 10.1 Å². The highest BCUT2D eigenvalue weighted by Gasteiger charge is 2.24. The number of hydrogen-bond donors (Lipinski definition) is 2. The number of aromatic nitrogens is 5. The van der Waals surface area contributed by atoms with Crippen molar-refractivity contribution in [2.75, 3.05) is 5.73 Å². The fourth-order valence-corrected chi connectivity index (χ4v) is 3.55. The maximum atomic E-state index is 12.7. The Morgan fingerprint density at radius 3 is 2.68 bits per heavy atom. The van der Waals surface area contributed by atoms with Gasteiger partial charge in [-0.3, -0.25) is 4.79 Å². The molecule has 0 unspecified atom stereocenters. The summed E-state index contributed by atoms with van der Waals surface area (Å²) < 4.78 is 6.02. The second kappa shape index (κ2) is 9.22. The lowest BCUT2D eigenvalue weighted by Gasteiger charge is -2.06. The Bertz CT molecular complexity index is 1200. The minimum absolute atomic E-state index is 0.0422. The number of nitrogen functional groups attached to an aromatic ring is 1. The molecule has 0 aliphatic heterocycles. The SMILES string of the molecule is Cc1ccc(SCc2c(C(=O)N/N=C\c3ccccc3)nnn2-c2nonc2N)cc1. The predicted molar refractivity (Wildman–Crippen MR) is 116 cm³/mol. The summed E-state index contributed by atoms with van der Waals surface area (Å²) in [5, 5.41) is 19.4. The van der Waals surface area contributed by atoms with E-state index in [4.69, 9.17) is 5.73 Å². The molecule has 0 fully saturated rings. The number of rotatable bonds is 7. The van der Waals surface area contributed by atoms with Gasteiger partial charge < -0.3 is 5.73 Å². The van der Waals surface area contributed by atoms with Crippen LogP contribution in [0.1, 0.15) is 27.3 Å². The van der Waals surface area contributed by atoms with Crippen molar-refractivity contribution in [3.05, 3.63) is 77.1 Å². The number of benzene rings is 2. The summed E-state index contributed by atoms with van der Waals surface area (Å²) in [5.41, 5.74) is 10.9. The first kappa shape index (κ1) is 20.3. The highest BCUT2D eigenvalue weighted by Crippen LogP contribution is 2.26. The molecule has 4 aromatic rings. The molecule has 11 heteroatoms. The maximum absolute atomic E-state index is 12.7. The fourth-order valence-electron chi connectivity index (χ4n) is 2.66. The van der Waals surface area contributed by atoms with Crippen molar-refractivity contribution in [3.8, 4) is 5.82 Å². The minimum atomic E-state index is -0.507. The van der Waals surface area contributed by atoms with E-state index >= 15 is 0 Å². The monoisotopic (exact) mass is 434 g/mol. The van der Waals surface area contributed by atoms with E-state index in [1.54, 1.807) is 6.21 Å². The molecule has 0 aliphatic carbocycles. The number of nitrogens with two attached hydrogens (primary N) is 1. The summed E-state index contributed by atoms with van der Waals surface area (Å²) >= 11 is 1.52. The minimum Gasteiger partial charge on any atom is -0.378 e. The number of carbonyl (C=O) groups is 1. The van der Waals surface area contributed by atoms with Gasteiger partial charge in [0.05, 0.1) is 11.9 Å². The first-order valence-corrected chi connectivity index (χ1v) is 10.2. The van der Waals surface area contributed by atoms with Crippen LogP contribution in [0.5, 0.6) is 0 Å². The number of aryl methyl sites for hydroxylation is 1. The quantitative estimate of drug-likeness (QED) is 0.257. The van der Waals surface area contributed by atoms with E-state index in [2.05, 4.69) is 35.8 Å². The van der Waals surface area contributed by atoms with Gasteiger partial charge in [-0.1, -0.05) is 53.2 Å². The summed E-state index contributed by atoms with van der Waals surface area (Å²) in [6.07, 6.45) is 1.54. The Morgan fingerprint density at radius 1 is 1.19 bits per heavy atom. The van der Waals surface area contributed by atoms with Gasteiger partial charge in [-0.05, 0) is 34.9 Å². The van der Waals surface area contributed by atoms with Gasteiger partial charge in [-0.2, -0.15) is 9.78 Å². The molecule has 2 aromatic carbocycles. The highest BCUT2D eigenvalue weighted by molar-refractivity contribution is 7.98. The molecular formula is C20H18N8O2S. The van der Waals surface area contributed by atoms with Crippen molar-refractivity contribution in [2.45, 2.75) is 17.6 Å². The topological polar surface area (TPSA) is 137 Å². The summed E-state index contributed by atoms with van der Waals surface area (Å²) in [7, 11) is 0. The first-order valence-electron chi connectivity index (χ1n) is 9.22. The molecule has 3 N–H and O–H groups in total. The van der Waals surface area contributed by atoms with Crippen LogP contribution in [0.15, 0.2) is 69.2 Å². The summed E-state index contributed by atoms with van der Waals surface area (Å²) in [6.45, 7) is 2.02. The van der Waals surface area contributed by atoms with Crippen LogP contribution < -0.4 is 11.2 Å². The number of thioether (sulfide) groups is 1. The van der Waals surface area contributed by atoms with E-state index in [-0.39, 0.29) is 17.3 Å². The van der Waals surface area contributed by atoms with E-state index in [0.29, 0.717) is 11.4 Å². The highest BCUT2D eigenvalue weighted by atomic mass is 32.2. The van der Waals surface area contributed by atoms with E-state index in [1.807, 2.05) is 61.5 Å². The zero-order chi connectivity index (χ0) is 21.6. The Balaban J connectivity index is 1.58. The molecule has 2 aromatic heterocycles. The molecule has 0 saturated carbocycles. The Hall–Kier alpha value is -3.99. The lowest BCUT2D eigenvalue weighted by molar-refractivity contribution is 0.0949. The fraction of sp³-hybridized carbons (Fsp3) is 0.100. The molecule has 31 heavy (non-hydrogen) atoms. The van der Waals surface area contributed by atoms with E-state index in [1.165, 1.54) is 16.4 Å². The molecule has 0 atom stereocenters. The lowest BCUT2D eigenvalue weighted by atomic mass is 10.2. The third-order valence-corrected chi connectivity index (χ3v) is 5.27. The number of hydrazone groups is 1. The normalized spacial score (nSPS) is 11.1. The summed E-state index contributed by atoms with van der Waals surface area (Å²) in [4.78, 5) is 13.8. The van der Waals surface area contributed by atoms with Crippen LogP contribution in [0.3, 0.4) is 0 Å². The van der Waals surface area contributed by atoms with Crippen LogP contribution in [-0.2, 0) is 5.75 Å². The van der Waals surface area contributed by atoms with Crippen LogP contribution in [-0.4, -0.2) is 37.4 Å². The van der Waals surface area contributed by atoms with E-state index < -0.39 is 5.91 Å². The van der Waals surface area contributed by atoms with Gasteiger partial charge in [0.15, 0.2) is 5.69 Å². The van der Waals surface area contributed by atoms with Crippen molar-refractivity contribution in [2.24, 2.45) is 5.10 Å². The van der Waals surface area contributed by atoms with Crippen molar-refractivity contribution in [1.82, 2.24) is 30.7 Å². The van der Waals surface area contributed by atoms with Crippen LogP contribution >= 0.6 is 11.8 Å². The predicted octanol–water partition coefficient (Wildman–Crippen LogP) is 2.60. The zero-order valence-corrected chi connectivity index (χ0v) is 17.3. The molecule has 0 spiro atoms. The molecular weight excluding hydrogens is 416 g/mol. The number of nitrogens with one attached hydrogen (secondary N) is 1. The molecule has 4 rings (SSSR count). The van der Waals surface area contributed by atoms with Crippen molar-refractivity contribution < 1.29 is 9.42 Å². The van der Waals surface area contributed by atoms with Crippen molar-refractivity contribution in [1.29, 1.82) is 0 Å². The van der Waals surface area contributed by atoms with E-state index in [0.717, 1.165) is 16.0 Å². The number of nitrogens with zero attached hydrogens (tertiary/aromatic N) is 6. The smallest absolute Gasteiger partial charge is 0.293 e. The van der Waals surface area contributed by atoms with Gasteiger partial charge in [0.1, 0.15) is 0 Å². The van der Waals surface area contributed by atoms with Gasteiger partial charge in [0.2, 0.25) is 11.6 Å². The molecule has 0 aliphatic rings. The molecule has 1 amide bonds. The average molecular weight is 434 g/mol. The summed E-state index contributed by atoms with van der Waals surface area (Å²) in [5.74, 6) is 0.0837. The molecule has 0 radical (unpaired) electrons. The first-order chi connectivity index (χ1) is 15.1. The van der Waals surface area contributed by atoms with Crippen LogP contribution in [0.25, 0.3) is 5.82 Å². The van der Waals surface area contributed by atoms with Crippen LogP contribution in [0, 0.1) is 6.92 Å². The molecule has 0 saturated heterocycles. The zero-order valence-electron chi connectivity index (χ0n) is 16.5. The molecule has 0 bridgehead atoms. The number of amides is 1. The van der Waals surface area contributed by atoms with Gasteiger partial charge in [0.25, 0.3) is 5.91 Å². The van der Waals surface area contributed by atoms with Crippen LogP contribution in [0.4, 0.5) is 5.82 Å². The third kappa shape index (κ3) is 4.78. The number of carbonyl (C=O) groups excluding carboxylic acids is 1. The molecule has 156 valence electrons. The Kier molecular flexibility index (Phi) is 6.03. The summed E-state index contributed by atoms with van der Waals surface area (Å²) in [6, 6.07) is 17.4. The van der Waals surface area contributed by atoms with Crippen LogP contribution in [0.2, 0.25) is 0 Å². The maximum Gasteiger partial charge on any atom is 0.293 e. The van der Waals surface area contributed by atoms with Crippen molar-refractivity contribution in [3.63, 3.8) is 0 Å². The molecule has 2 heterocycles. The Labute approximate surface area is 181 Å². The molecule has 10 nitrogen and oxygen atoms in total. The largest absolute Gasteiger partial charge is 0.378 e. The van der Waals surface area contributed by atoms with Gasteiger partial charge in [0, 0.05) is 10.6 Å². The number of anilines is 1. The second-order valence-corrected chi connectivity index (χ2v) is 7.53.